The zero-order chi connectivity index (χ0) is 19.4. The number of hydrogen-bond donors (Lipinski definition) is 0. The SMILES string of the molecule is Cc1ccc(CN(CCC(=O)N2CCc3ccccc3C2)S(C)(=O)=O)cc1. The monoisotopic (exact) mass is 386 g/mol. The molecular weight excluding hydrogens is 360 g/mol. The third-order valence-electron chi connectivity index (χ3n) is 5.01. The molecule has 0 saturated heterocycles. The first-order valence-corrected chi connectivity index (χ1v) is 11.0. The number of fused-ring (bicyclic) bond motifs is 1. The first-order valence-electron chi connectivity index (χ1n) is 9.18. The van der Waals surface area contributed by atoms with Crippen LogP contribution in [0.3, 0.4) is 0 Å². The van der Waals surface area contributed by atoms with Crippen molar-refractivity contribution >= 4 is 15.9 Å². The maximum absolute atomic E-state index is 12.6. The van der Waals surface area contributed by atoms with Gasteiger partial charge in [0.1, 0.15) is 0 Å². The summed E-state index contributed by atoms with van der Waals surface area (Å²) >= 11 is 0. The Bertz CT molecular complexity index is 907. The molecule has 0 spiro atoms. The molecule has 0 atom stereocenters. The molecule has 0 fully saturated rings. The van der Waals surface area contributed by atoms with E-state index in [2.05, 4.69) is 12.1 Å². The Morgan fingerprint density at radius 2 is 1.74 bits per heavy atom. The van der Waals surface area contributed by atoms with Crippen LogP contribution in [0, 0.1) is 6.92 Å². The number of carbonyl (C=O) groups excluding carboxylic acids is 1. The van der Waals surface area contributed by atoms with E-state index in [-0.39, 0.29) is 25.4 Å². The normalized spacial score (nSPS) is 14.3. The Hall–Kier alpha value is -2.18. The van der Waals surface area contributed by atoms with E-state index in [9.17, 15) is 13.2 Å². The Morgan fingerprint density at radius 3 is 2.41 bits per heavy atom. The molecule has 1 aliphatic rings. The lowest BCUT2D eigenvalue weighted by molar-refractivity contribution is -0.132. The van der Waals surface area contributed by atoms with E-state index in [1.807, 2.05) is 48.2 Å². The second-order valence-electron chi connectivity index (χ2n) is 7.17. The number of aryl methyl sites for hydroxylation is 1. The van der Waals surface area contributed by atoms with E-state index in [0.29, 0.717) is 13.1 Å². The van der Waals surface area contributed by atoms with Crippen LogP contribution in [-0.4, -0.2) is 42.9 Å². The highest BCUT2D eigenvalue weighted by Gasteiger charge is 2.23. The van der Waals surface area contributed by atoms with Gasteiger partial charge >= 0.3 is 0 Å². The van der Waals surface area contributed by atoms with Gasteiger partial charge < -0.3 is 4.90 Å². The van der Waals surface area contributed by atoms with E-state index in [0.717, 1.165) is 17.5 Å². The minimum atomic E-state index is -3.39. The van der Waals surface area contributed by atoms with Gasteiger partial charge in [-0.3, -0.25) is 4.79 Å². The maximum Gasteiger partial charge on any atom is 0.224 e. The van der Waals surface area contributed by atoms with Crippen LogP contribution < -0.4 is 0 Å². The predicted octanol–water partition coefficient (Wildman–Crippen LogP) is 2.73. The lowest BCUT2D eigenvalue weighted by Gasteiger charge is -2.29. The predicted molar refractivity (Wildman–Crippen MR) is 107 cm³/mol. The molecule has 27 heavy (non-hydrogen) atoms. The fraction of sp³-hybridized carbons (Fsp3) is 0.381. The van der Waals surface area contributed by atoms with Gasteiger partial charge in [0.25, 0.3) is 0 Å². The zero-order valence-electron chi connectivity index (χ0n) is 15.9. The molecule has 144 valence electrons. The molecule has 5 nitrogen and oxygen atoms in total. The van der Waals surface area contributed by atoms with Gasteiger partial charge in [0.15, 0.2) is 0 Å². The standard InChI is InChI=1S/C21H26N2O3S/c1-17-7-9-18(10-8-17)15-23(27(2,25)26)14-12-21(24)22-13-11-19-5-3-4-6-20(19)16-22/h3-10H,11-16H2,1-2H3. The van der Waals surface area contributed by atoms with Crippen molar-refractivity contribution in [2.75, 3.05) is 19.3 Å². The molecule has 1 amide bonds. The molecule has 2 aromatic rings. The lowest BCUT2D eigenvalue weighted by Crippen LogP contribution is -2.39. The lowest BCUT2D eigenvalue weighted by atomic mass is 10.00. The Balaban J connectivity index is 1.62. The van der Waals surface area contributed by atoms with E-state index in [1.54, 1.807) is 0 Å². The summed E-state index contributed by atoms with van der Waals surface area (Å²) in [5, 5.41) is 0. The van der Waals surface area contributed by atoms with Crippen LogP contribution in [-0.2, 0) is 34.3 Å². The number of nitrogens with zero attached hydrogens (tertiary/aromatic N) is 2. The average Bonchev–Trinajstić information content (AvgIpc) is 2.65. The van der Waals surface area contributed by atoms with Crippen molar-refractivity contribution in [1.82, 2.24) is 9.21 Å². The first kappa shape index (κ1) is 19.6. The number of hydrogen-bond acceptors (Lipinski definition) is 3. The number of rotatable bonds is 6. The van der Waals surface area contributed by atoms with Crippen LogP contribution in [0.1, 0.15) is 28.7 Å². The Kier molecular flexibility index (Phi) is 5.97. The summed E-state index contributed by atoms with van der Waals surface area (Å²) in [7, 11) is -3.39. The molecule has 0 N–H and O–H groups in total. The molecule has 1 aliphatic heterocycles. The van der Waals surface area contributed by atoms with Crippen molar-refractivity contribution in [3.05, 3.63) is 70.8 Å². The summed E-state index contributed by atoms with van der Waals surface area (Å²) in [5.41, 5.74) is 4.52. The smallest absolute Gasteiger partial charge is 0.224 e. The molecule has 3 rings (SSSR count). The second-order valence-corrected chi connectivity index (χ2v) is 9.15. The summed E-state index contributed by atoms with van der Waals surface area (Å²) in [6.07, 6.45) is 2.24. The van der Waals surface area contributed by atoms with Gasteiger partial charge in [-0.25, -0.2) is 8.42 Å². The van der Waals surface area contributed by atoms with Gasteiger partial charge in [0.2, 0.25) is 15.9 Å². The molecule has 2 aromatic carbocycles. The summed E-state index contributed by atoms with van der Waals surface area (Å²) < 4.78 is 25.7. The Labute approximate surface area is 161 Å². The number of amides is 1. The minimum Gasteiger partial charge on any atom is -0.338 e. The topological polar surface area (TPSA) is 57.7 Å². The van der Waals surface area contributed by atoms with Crippen LogP contribution in [0.5, 0.6) is 0 Å². The summed E-state index contributed by atoms with van der Waals surface area (Å²) in [6, 6.07) is 15.9. The second kappa shape index (κ2) is 8.23. The van der Waals surface area contributed by atoms with Crippen LogP contribution >= 0.6 is 0 Å². The highest BCUT2D eigenvalue weighted by molar-refractivity contribution is 7.88. The van der Waals surface area contributed by atoms with Crippen LogP contribution in [0.15, 0.2) is 48.5 Å². The van der Waals surface area contributed by atoms with Gasteiger partial charge in [0, 0.05) is 32.6 Å². The largest absolute Gasteiger partial charge is 0.338 e. The molecule has 0 aromatic heterocycles. The third kappa shape index (κ3) is 5.17. The molecule has 0 unspecified atom stereocenters. The molecule has 1 heterocycles. The highest BCUT2D eigenvalue weighted by Crippen LogP contribution is 2.19. The molecule has 0 bridgehead atoms. The van der Waals surface area contributed by atoms with Gasteiger partial charge in [0.05, 0.1) is 6.26 Å². The van der Waals surface area contributed by atoms with Crippen molar-refractivity contribution in [2.45, 2.75) is 32.9 Å². The van der Waals surface area contributed by atoms with Crippen LogP contribution in [0.4, 0.5) is 0 Å². The van der Waals surface area contributed by atoms with E-state index in [1.165, 1.54) is 21.7 Å². The zero-order valence-corrected chi connectivity index (χ0v) is 16.7. The molecule has 0 aliphatic carbocycles. The maximum atomic E-state index is 12.6. The van der Waals surface area contributed by atoms with E-state index in [4.69, 9.17) is 0 Å². The van der Waals surface area contributed by atoms with Crippen molar-refractivity contribution in [3.8, 4) is 0 Å². The molecule has 0 radical (unpaired) electrons. The van der Waals surface area contributed by atoms with Crippen LogP contribution in [0.25, 0.3) is 0 Å². The fourth-order valence-electron chi connectivity index (χ4n) is 3.35. The first-order chi connectivity index (χ1) is 12.8. The van der Waals surface area contributed by atoms with Crippen molar-refractivity contribution < 1.29 is 13.2 Å². The van der Waals surface area contributed by atoms with Crippen molar-refractivity contribution in [2.24, 2.45) is 0 Å². The molecule has 6 heteroatoms. The van der Waals surface area contributed by atoms with Crippen molar-refractivity contribution in [1.29, 1.82) is 0 Å². The van der Waals surface area contributed by atoms with E-state index < -0.39 is 10.0 Å². The molecule has 0 saturated carbocycles. The number of benzene rings is 2. The number of sulfonamides is 1. The third-order valence-corrected chi connectivity index (χ3v) is 6.26. The summed E-state index contributed by atoms with van der Waals surface area (Å²) in [4.78, 5) is 14.5. The average molecular weight is 387 g/mol. The van der Waals surface area contributed by atoms with Crippen LogP contribution in [0.2, 0.25) is 0 Å². The van der Waals surface area contributed by atoms with Gasteiger partial charge in [-0.2, -0.15) is 4.31 Å². The highest BCUT2D eigenvalue weighted by atomic mass is 32.2. The summed E-state index contributed by atoms with van der Waals surface area (Å²) in [6.45, 7) is 3.77. The fourth-order valence-corrected chi connectivity index (χ4v) is 4.15. The van der Waals surface area contributed by atoms with Gasteiger partial charge in [-0.15, -0.1) is 0 Å². The summed E-state index contributed by atoms with van der Waals surface area (Å²) in [5.74, 6) is 0.00191. The quantitative estimate of drug-likeness (QED) is 0.767. The van der Waals surface area contributed by atoms with Gasteiger partial charge in [-0.1, -0.05) is 54.1 Å². The van der Waals surface area contributed by atoms with Crippen molar-refractivity contribution in [3.63, 3.8) is 0 Å². The molecular formula is C21H26N2O3S. The van der Waals surface area contributed by atoms with E-state index >= 15 is 0 Å². The minimum absolute atomic E-state index is 0.00191. The number of carbonyl (C=O) groups is 1. The Morgan fingerprint density at radius 1 is 1.07 bits per heavy atom. The van der Waals surface area contributed by atoms with Gasteiger partial charge in [-0.05, 0) is 30.0 Å².